The van der Waals surface area contributed by atoms with Gasteiger partial charge in [-0.3, -0.25) is 0 Å². The standard InChI is InChI=1S/C12H11F2NS/c1-7-5-16-6-9(7)12(15)8-2-3-10(13)11(14)4-8/h2-6,12H,15H2,1H3. The minimum absolute atomic E-state index is 0.402. The smallest absolute Gasteiger partial charge is 0.159 e. The molecule has 1 atom stereocenters. The van der Waals surface area contributed by atoms with E-state index in [4.69, 9.17) is 5.73 Å². The normalized spacial score (nSPS) is 12.8. The molecule has 1 aromatic carbocycles. The van der Waals surface area contributed by atoms with E-state index in [1.54, 1.807) is 11.3 Å². The highest BCUT2D eigenvalue weighted by atomic mass is 32.1. The van der Waals surface area contributed by atoms with Crippen LogP contribution in [0.25, 0.3) is 0 Å². The van der Waals surface area contributed by atoms with E-state index in [1.165, 1.54) is 6.07 Å². The Labute approximate surface area is 96.5 Å². The molecule has 2 rings (SSSR count). The number of hydrogen-bond donors (Lipinski definition) is 1. The Morgan fingerprint density at radius 1 is 1.19 bits per heavy atom. The van der Waals surface area contributed by atoms with Crippen molar-refractivity contribution in [2.24, 2.45) is 5.73 Å². The van der Waals surface area contributed by atoms with Crippen molar-refractivity contribution in [3.63, 3.8) is 0 Å². The maximum atomic E-state index is 13.1. The van der Waals surface area contributed by atoms with Gasteiger partial charge >= 0.3 is 0 Å². The first-order valence-corrected chi connectivity index (χ1v) is 5.77. The lowest BCUT2D eigenvalue weighted by atomic mass is 9.99. The molecule has 0 fully saturated rings. The van der Waals surface area contributed by atoms with Gasteiger partial charge in [-0.2, -0.15) is 11.3 Å². The SMILES string of the molecule is Cc1cscc1C(N)c1ccc(F)c(F)c1. The molecule has 2 aromatic rings. The number of aryl methyl sites for hydroxylation is 1. The fourth-order valence-electron chi connectivity index (χ4n) is 1.57. The molecule has 1 unspecified atom stereocenters. The van der Waals surface area contributed by atoms with Crippen LogP contribution in [0.5, 0.6) is 0 Å². The van der Waals surface area contributed by atoms with Crippen molar-refractivity contribution in [1.82, 2.24) is 0 Å². The van der Waals surface area contributed by atoms with Crippen molar-refractivity contribution < 1.29 is 8.78 Å². The zero-order chi connectivity index (χ0) is 11.7. The Bertz CT molecular complexity index is 507. The molecule has 1 heterocycles. The highest BCUT2D eigenvalue weighted by Crippen LogP contribution is 2.26. The summed E-state index contributed by atoms with van der Waals surface area (Å²) in [6.07, 6.45) is 0. The molecule has 1 nitrogen and oxygen atoms in total. The van der Waals surface area contributed by atoms with E-state index in [2.05, 4.69) is 0 Å². The van der Waals surface area contributed by atoms with E-state index in [-0.39, 0.29) is 0 Å². The van der Waals surface area contributed by atoms with Crippen LogP contribution in [-0.4, -0.2) is 0 Å². The Balaban J connectivity index is 2.38. The summed E-state index contributed by atoms with van der Waals surface area (Å²) >= 11 is 1.55. The number of nitrogens with two attached hydrogens (primary N) is 1. The monoisotopic (exact) mass is 239 g/mol. The number of benzene rings is 1. The fourth-order valence-corrected chi connectivity index (χ4v) is 2.46. The second-order valence-electron chi connectivity index (χ2n) is 3.66. The number of halogens is 2. The van der Waals surface area contributed by atoms with Crippen molar-refractivity contribution in [1.29, 1.82) is 0 Å². The van der Waals surface area contributed by atoms with Crippen molar-refractivity contribution in [2.75, 3.05) is 0 Å². The quantitative estimate of drug-likeness (QED) is 0.854. The Hall–Kier alpha value is -1.26. The molecule has 4 heteroatoms. The Kier molecular flexibility index (Phi) is 3.03. The molecular formula is C12H11F2NS. The van der Waals surface area contributed by atoms with E-state index < -0.39 is 17.7 Å². The summed E-state index contributed by atoms with van der Waals surface area (Å²) in [4.78, 5) is 0. The van der Waals surface area contributed by atoms with Gasteiger partial charge in [0.15, 0.2) is 11.6 Å². The molecule has 0 aliphatic heterocycles. The van der Waals surface area contributed by atoms with Crippen LogP contribution >= 0.6 is 11.3 Å². The van der Waals surface area contributed by atoms with Crippen LogP contribution in [0.3, 0.4) is 0 Å². The van der Waals surface area contributed by atoms with Crippen molar-refractivity contribution in [3.05, 3.63) is 57.3 Å². The van der Waals surface area contributed by atoms with Crippen LogP contribution in [0, 0.1) is 18.6 Å². The number of hydrogen-bond acceptors (Lipinski definition) is 2. The molecule has 16 heavy (non-hydrogen) atoms. The zero-order valence-corrected chi connectivity index (χ0v) is 9.52. The van der Waals surface area contributed by atoms with Gasteiger partial charge in [-0.25, -0.2) is 8.78 Å². The zero-order valence-electron chi connectivity index (χ0n) is 8.71. The van der Waals surface area contributed by atoms with Gasteiger partial charge < -0.3 is 5.73 Å². The Morgan fingerprint density at radius 2 is 1.94 bits per heavy atom. The predicted octanol–water partition coefficient (Wildman–Crippen LogP) is 3.38. The highest BCUT2D eigenvalue weighted by Gasteiger charge is 2.14. The Morgan fingerprint density at radius 3 is 2.50 bits per heavy atom. The second-order valence-corrected chi connectivity index (χ2v) is 4.40. The average Bonchev–Trinajstić information content (AvgIpc) is 2.67. The molecule has 0 radical (unpaired) electrons. The molecule has 84 valence electrons. The van der Waals surface area contributed by atoms with Gasteiger partial charge in [0.2, 0.25) is 0 Å². The topological polar surface area (TPSA) is 26.0 Å². The molecule has 0 spiro atoms. The van der Waals surface area contributed by atoms with Gasteiger partial charge in [-0.05, 0) is 46.5 Å². The first kappa shape index (κ1) is 11.2. The largest absolute Gasteiger partial charge is 0.320 e. The van der Waals surface area contributed by atoms with Gasteiger partial charge in [0.05, 0.1) is 6.04 Å². The van der Waals surface area contributed by atoms with E-state index in [1.807, 2.05) is 17.7 Å². The first-order chi connectivity index (χ1) is 7.59. The third kappa shape index (κ3) is 1.99. The second kappa shape index (κ2) is 4.31. The van der Waals surface area contributed by atoms with Crippen LogP contribution in [-0.2, 0) is 0 Å². The summed E-state index contributed by atoms with van der Waals surface area (Å²) in [7, 11) is 0. The van der Waals surface area contributed by atoms with Crippen molar-refractivity contribution >= 4 is 11.3 Å². The lowest BCUT2D eigenvalue weighted by Crippen LogP contribution is -2.12. The predicted molar refractivity (Wildman–Crippen MR) is 61.4 cm³/mol. The van der Waals surface area contributed by atoms with E-state index >= 15 is 0 Å². The van der Waals surface area contributed by atoms with Crippen molar-refractivity contribution in [3.8, 4) is 0 Å². The molecule has 2 N–H and O–H groups in total. The first-order valence-electron chi connectivity index (χ1n) is 4.83. The van der Waals surface area contributed by atoms with Gasteiger partial charge in [0.25, 0.3) is 0 Å². The van der Waals surface area contributed by atoms with Gasteiger partial charge in [-0.15, -0.1) is 0 Å². The summed E-state index contributed by atoms with van der Waals surface area (Å²) < 4.78 is 25.8. The van der Waals surface area contributed by atoms with Crippen LogP contribution < -0.4 is 5.73 Å². The summed E-state index contributed by atoms with van der Waals surface area (Å²) in [6.45, 7) is 1.95. The highest BCUT2D eigenvalue weighted by molar-refractivity contribution is 7.08. The van der Waals surface area contributed by atoms with Crippen LogP contribution in [0.1, 0.15) is 22.7 Å². The molecule has 0 aliphatic rings. The fraction of sp³-hybridized carbons (Fsp3) is 0.167. The van der Waals surface area contributed by atoms with Gasteiger partial charge in [0, 0.05) is 0 Å². The van der Waals surface area contributed by atoms with E-state index in [9.17, 15) is 8.78 Å². The lowest BCUT2D eigenvalue weighted by molar-refractivity contribution is 0.506. The van der Waals surface area contributed by atoms with Crippen LogP contribution in [0.2, 0.25) is 0 Å². The molecule has 1 aromatic heterocycles. The minimum atomic E-state index is -0.860. The lowest BCUT2D eigenvalue weighted by Gasteiger charge is -2.12. The summed E-state index contributed by atoms with van der Waals surface area (Å²) in [5.41, 5.74) is 8.61. The third-order valence-corrected chi connectivity index (χ3v) is 3.41. The summed E-state index contributed by atoms with van der Waals surface area (Å²) in [5, 5.41) is 3.91. The maximum absolute atomic E-state index is 13.1. The molecule has 0 aliphatic carbocycles. The third-order valence-electron chi connectivity index (χ3n) is 2.53. The van der Waals surface area contributed by atoms with Crippen LogP contribution in [0.15, 0.2) is 29.0 Å². The van der Waals surface area contributed by atoms with E-state index in [0.29, 0.717) is 5.56 Å². The van der Waals surface area contributed by atoms with E-state index in [0.717, 1.165) is 23.3 Å². The number of thiophene rings is 1. The average molecular weight is 239 g/mol. The van der Waals surface area contributed by atoms with Crippen molar-refractivity contribution in [2.45, 2.75) is 13.0 Å². The number of rotatable bonds is 2. The minimum Gasteiger partial charge on any atom is -0.320 e. The van der Waals surface area contributed by atoms with Crippen LogP contribution in [0.4, 0.5) is 8.78 Å². The molecular weight excluding hydrogens is 228 g/mol. The summed E-state index contributed by atoms with van der Waals surface area (Å²) in [5.74, 6) is -1.71. The molecule has 0 saturated carbocycles. The van der Waals surface area contributed by atoms with Gasteiger partial charge in [-0.1, -0.05) is 6.07 Å². The molecule has 0 amide bonds. The molecule has 0 bridgehead atoms. The van der Waals surface area contributed by atoms with Gasteiger partial charge in [0.1, 0.15) is 0 Å². The maximum Gasteiger partial charge on any atom is 0.159 e. The molecule has 0 saturated heterocycles. The summed E-state index contributed by atoms with van der Waals surface area (Å²) in [6, 6.07) is 3.37.